The maximum absolute atomic E-state index is 7.00. The first-order chi connectivity index (χ1) is 6.93. The summed E-state index contributed by atoms with van der Waals surface area (Å²) in [7, 11) is 1.00. The first-order valence-electron chi connectivity index (χ1n) is 5.81. The normalized spacial score (nSPS) is 19.2. The Morgan fingerprint density at radius 2 is 1.43 bits per heavy atom. The fourth-order valence-corrected chi connectivity index (χ4v) is 1.56. The number of aliphatic hydroxyl groups is 1. The van der Waals surface area contributed by atoms with Gasteiger partial charge in [-0.3, -0.25) is 0 Å². The van der Waals surface area contributed by atoms with Crippen LogP contribution in [0.15, 0.2) is 0 Å². The molecule has 0 unspecified atom stereocenters. The zero-order valence-corrected chi connectivity index (χ0v) is 9.47. The molecule has 2 saturated carbocycles. The van der Waals surface area contributed by atoms with Crippen LogP contribution in [0.4, 0.5) is 0 Å². The lowest BCUT2D eigenvalue weighted by Gasteiger charge is -2.18. The molecule has 2 aliphatic carbocycles. The van der Waals surface area contributed by atoms with Crippen LogP contribution in [0.3, 0.4) is 0 Å². The number of hydrogen-bond donors (Lipinski definition) is 1. The van der Waals surface area contributed by atoms with E-state index in [0.717, 1.165) is 19.4 Å². The summed E-state index contributed by atoms with van der Waals surface area (Å²) in [5.41, 5.74) is 0. The van der Waals surface area contributed by atoms with Gasteiger partial charge in [0, 0.05) is 13.5 Å². The van der Waals surface area contributed by atoms with E-state index in [2.05, 4.69) is 5.92 Å². The Kier molecular flexibility index (Phi) is 10.2. The summed E-state index contributed by atoms with van der Waals surface area (Å²) in [5, 5.41) is 7.00. The molecule has 0 aromatic carbocycles. The molecule has 82 valence electrons. The van der Waals surface area contributed by atoms with Gasteiger partial charge in [0.1, 0.15) is 0 Å². The van der Waals surface area contributed by atoms with E-state index in [1.54, 1.807) is 0 Å². The van der Waals surface area contributed by atoms with Gasteiger partial charge in [-0.2, -0.15) is 0 Å². The van der Waals surface area contributed by atoms with Crippen molar-refractivity contribution in [3.05, 3.63) is 0 Å². The number of rotatable bonds is 1. The summed E-state index contributed by atoms with van der Waals surface area (Å²) in [6.45, 7) is 0. The molecule has 0 spiro atoms. The van der Waals surface area contributed by atoms with E-state index in [-0.39, 0.29) is 0 Å². The maximum Gasteiger partial charge on any atom is 0.0319 e. The van der Waals surface area contributed by atoms with Crippen molar-refractivity contribution in [3.8, 4) is 12.3 Å². The lowest BCUT2D eigenvalue weighted by Crippen LogP contribution is -2.04. The molecule has 0 radical (unpaired) electrons. The Labute approximate surface area is 88.9 Å². The minimum absolute atomic E-state index is 0.865. The van der Waals surface area contributed by atoms with Crippen LogP contribution in [0.2, 0.25) is 0 Å². The first-order valence-corrected chi connectivity index (χ1v) is 5.81. The van der Waals surface area contributed by atoms with Crippen LogP contribution in [0.25, 0.3) is 0 Å². The monoisotopic (exact) mass is 196 g/mol. The third-order valence-electron chi connectivity index (χ3n) is 2.48. The molecule has 0 heterocycles. The second-order valence-electron chi connectivity index (χ2n) is 3.97. The zero-order valence-electron chi connectivity index (χ0n) is 9.47. The Balaban J connectivity index is 0.000000280. The highest BCUT2D eigenvalue weighted by Crippen LogP contribution is 2.25. The van der Waals surface area contributed by atoms with Crippen molar-refractivity contribution in [1.82, 2.24) is 0 Å². The number of aliphatic hydroxyl groups excluding tert-OH is 1. The average molecular weight is 196 g/mol. The van der Waals surface area contributed by atoms with Crippen molar-refractivity contribution in [2.75, 3.05) is 7.11 Å². The molecule has 2 aliphatic rings. The highest BCUT2D eigenvalue weighted by atomic mass is 16.2. The Hall–Kier alpha value is -0.480. The fourth-order valence-electron chi connectivity index (χ4n) is 1.56. The topological polar surface area (TPSA) is 20.2 Å². The molecule has 0 aromatic rings. The van der Waals surface area contributed by atoms with Crippen LogP contribution in [0.5, 0.6) is 0 Å². The van der Waals surface area contributed by atoms with Gasteiger partial charge in [0.05, 0.1) is 0 Å². The molecule has 2 fully saturated rings. The summed E-state index contributed by atoms with van der Waals surface area (Å²) < 4.78 is 0. The minimum Gasteiger partial charge on any atom is -0.400 e. The fraction of sp³-hybridized carbons (Fsp3) is 0.846. The van der Waals surface area contributed by atoms with E-state index in [4.69, 9.17) is 11.5 Å². The highest BCUT2D eigenvalue weighted by Gasteiger charge is 2.10. The van der Waals surface area contributed by atoms with Gasteiger partial charge in [0.15, 0.2) is 0 Å². The molecule has 0 aromatic heterocycles. The maximum atomic E-state index is 7.00. The zero-order chi connectivity index (χ0) is 10.6. The van der Waals surface area contributed by atoms with Crippen LogP contribution in [0.1, 0.15) is 57.8 Å². The van der Waals surface area contributed by atoms with Crippen LogP contribution in [-0.4, -0.2) is 12.2 Å². The van der Waals surface area contributed by atoms with Crippen molar-refractivity contribution in [2.45, 2.75) is 57.8 Å². The van der Waals surface area contributed by atoms with E-state index in [0.29, 0.717) is 0 Å². The van der Waals surface area contributed by atoms with Crippen LogP contribution >= 0.6 is 0 Å². The minimum atomic E-state index is 0.865. The van der Waals surface area contributed by atoms with E-state index in [9.17, 15) is 0 Å². The van der Waals surface area contributed by atoms with Gasteiger partial charge in [-0.25, -0.2) is 0 Å². The van der Waals surface area contributed by atoms with Gasteiger partial charge in [-0.15, -0.1) is 12.3 Å². The van der Waals surface area contributed by atoms with Gasteiger partial charge >= 0.3 is 0 Å². The smallest absolute Gasteiger partial charge is 0.0319 e. The second-order valence-corrected chi connectivity index (χ2v) is 3.97. The first kappa shape index (κ1) is 13.5. The molecule has 2 rings (SSSR count). The van der Waals surface area contributed by atoms with E-state index in [1.807, 2.05) is 0 Å². The van der Waals surface area contributed by atoms with Gasteiger partial charge in [-0.05, 0) is 18.8 Å². The largest absolute Gasteiger partial charge is 0.400 e. The Bertz CT molecular complexity index is 135. The second kappa shape index (κ2) is 10.6. The Morgan fingerprint density at radius 1 is 1.00 bits per heavy atom. The number of terminal acetylenes is 1. The molecule has 0 saturated heterocycles. The third-order valence-corrected chi connectivity index (χ3v) is 2.48. The SMILES string of the molecule is C#CCC1CCCCC1.C1CC1.CO. The molecule has 0 aliphatic heterocycles. The molecular weight excluding hydrogens is 172 g/mol. The van der Waals surface area contributed by atoms with Crippen molar-refractivity contribution in [3.63, 3.8) is 0 Å². The van der Waals surface area contributed by atoms with E-state index >= 15 is 0 Å². The van der Waals surface area contributed by atoms with Gasteiger partial charge in [0.25, 0.3) is 0 Å². The van der Waals surface area contributed by atoms with Gasteiger partial charge in [-0.1, -0.05) is 38.5 Å². The molecule has 1 nitrogen and oxygen atoms in total. The van der Waals surface area contributed by atoms with E-state index < -0.39 is 0 Å². The van der Waals surface area contributed by atoms with Gasteiger partial charge < -0.3 is 5.11 Å². The third kappa shape index (κ3) is 9.61. The predicted octanol–water partition coefficient (Wildman–Crippen LogP) is 3.37. The van der Waals surface area contributed by atoms with Crippen molar-refractivity contribution >= 4 is 0 Å². The summed E-state index contributed by atoms with van der Waals surface area (Å²) in [4.78, 5) is 0. The van der Waals surface area contributed by atoms with Crippen molar-refractivity contribution in [1.29, 1.82) is 0 Å². The highest BCUT2D eigenvalue weighted by molar-refractivity contribution is 4.87. The molecule has 1 N–H and O–H groups in total. The predicted molar refractivity (Wildman–Crippen MR) is 62.0 cm³/mol. The van der Waals surface area contributed by atoms with Crippen LogP contribution < -0.4 is 0 Å². The average Bonchev–Trinajstić information content (AvgIpc) is 3.10. The van der Waals surface area contributed by atoms with Crippen LogP contribution in [0, 0.1) is 18.3 Å². The molecule has 0 amide bonds. The molecule has 1 heteroatoms. The quantitative estimate of drug-likeness (QED) is 0.637. The molecular formula is C13H24O. The summed E-state index contributed by atoms with van der Waals surface area (Å²) in [5.74, 6) is 3.60. The lowest BCUT2D eigenvalue weighted by atomic mass is 9.87. The molecule has 14 heavy (non-hydrogen) atoms. The summed E-state index contributed by atoms with van der Waals surface area (Å²) >= 11 is 0. The number of hydrogen-bond acceptors (Lipinski definition) is 1. The molecule has 0 bridgehead atoms. The lowest BCUT2D eigenvalue weighted by molar-refractivity contribution is 0.365. The standard InChI is InChI=1S/C9H14.C3H6.CH4O/c1-2-6-9-7-4-3-5-8-9;1-2-3-1;1-2/h1,9H,3-8H2;1-3H2;2H,1H3. The van der Waals surface area contributed by atoms with Crippen LogP contribution in [-0.2, 0) is 0 Å². The van der Waals surface area contributed by atoms with Gasteiger partial charge in [0.2, 0.25) is 0 Å². The summed E-state index contributed by atoms with van der Waals surface area (Å²) in [6.07, 6.45) is 17.7. The molecule has 0 atom stereocenters. The van der Waals surface area contributed by atoms with Crippen molar-refractivity contribution < 1.29 is 5.11 Å². The van der Waals surface area contributed by atoms with Crippen molar-refractivity contribution in [2.24, 2.45) is 5.92 Å². The Morgan fingerprint density at radius 3 is 1.79 bits per heavy atom. The van der Waals surface area contributed by atoms with E-state index in [1.165, 1.54) is 51.4 Å². The summed E-state index contributed by atoms with van der Waals surface area (Å²) in [6, 6.07) is 0.